The summed E-state index contributed by atoms with van der Waals surface area (Å²) in [6.07, 6.45) is 1.50. The third-order valence-corrected chi connectivity index (χ3v) is 3.71. The monoisotopic (exact) mass is 416 g/mol. The maximum atomic E-state index is 12.3. The normalized spacial score (nSPS) is 14.0. The van der Waals surface area contributed by atoms with Gasteiger partial charge in [-0.25, -0.2) is 9.78 Å². The fraction of sp³-hybridized carbons (Fsp3) is 0.467. The zero-order valence-corrected chi connectivity index (χ0v) is 15.2. The number of rotatable bonds is 0. The number of nitrogens with zero attached hydrogens (tertiary/aromatic N) is 2. The van der Waals surface area contributed by atoms with Crippen molar-refractivity contribution in [2.75, 3.05) is 11.4 Å². The fourth-order valence-electron chi connectivity index (χ4n) is 2.08. The lowest BCUT2D eigenvalue weighted by molar-refractivity contribution is 0.0576. The highest BCUT2D eigenvalue weighted by Gasteiger charge is 2.28. The topological polar surface area (TPSA) is 42.4 Å². The Labute approximate surface area is 141 Å². The maximum absolute atomic E-state index is 12.3. The van der Waals surface area contributed by atoms with Crippen LogP contribution in [-0.2, 0) is 11.2 Å². The summed E-state index contributed by atoms with van der Waals surface area (Å²) in [6, 6.07) is 3.90. The van der Waals surface area contributed by atoms with E-state index in [1.54, 1.807) is 4.90 Å². The number of halogens is 1. The average molecular weight is 416 g/mol. The van der Waals surface area contributed by atoms with Gasteiger partial charge in [0, 0.05) is 27.8 Å². The number of amides is 1. The quantitative estimate of drug-likeness (QED) is 0.471. The number of fused-ring (bicyclic) bond motifs is 1. The third kappa shape index (κ3) is 4.51. The third-order valence-electron chi connectivity index (χ3n) is 2.87. The first-order valence-electron chi connectivity index (χ1n) is 6.70. The van der Waals surface area contributed by atoms with E-state index in [9.17, 15) is 4.79 Å². The van der Waals surface area contributed by atoms with Gasteiger partial charge in [0.15, 0.2) is 0 Å². The first-order chi connectivity index (χ1) is 9.90. The number of pyridine rings is 1. The van der Waals surface area contributed by atoms with Gasteiger partial charge in [0.2, 0.25) is 0 Å². The molecule has 1 aromatic rings. The first-order valence-corrected chi connectivity index (χ1v) is 10.1. The van der Waals surface area contributed by atoms with Gasteiger partial charge < -0.3 is 4.74 Å². The van der Waals surface area contributed by atoms with E-state index >= 15 is 0 Å². The lowest BCUT2D eigenvalue weighted by Crippen LogP contribution is -2.40. The minimum absolute atomic E-state index is 0.343. The molecule has 1 aliphatic rings. The average Bonchev–Trinajstić information content (AvgIpc) is 2.42. The molecule has 4 nitrogen and oxygen atoms in total. The largest absolute Gasteiger partial charge is 0.443 e. The van der Waals surface area contributed by atoms with Gasteiger partial charge in [-0.2, -0.15) is 0 Å². The van der Waals surface area contributed by atoms with Crippen LogP contribution in [0.2, 0.25) is 0 Å². The minimum atomic E-state index is -0.510. The smallest absolute Gasteiger partial charge is 0.416 e. The van der Waals surface area contributed by atoms with Gasteiger partial charge in [0.05, 0.1) is 0 Å². The van der Waals surface area contributed by atoms with Gasteiger partial charge in [-0.1, -0.05) is 6.07 Å². The van der Waals surface area contributed by atoms with Crippen LogP contribution in [0.4, 0.5) is 10.6 Å². The number of hydrogen-bond donors (Lipinski definition) is 0. The molecule has 1 aromatic heterocycles. The van der Waals surface area contributed by atoms with Crippen LogP contribution >= 0.6 is 30.1 Å². The highest BCUT2D eigenvalue weighted by Crippen LogP contribution is 2.27. The van der Waals surface area contributed by atoms with Crippen LogP contribution in [0.1, 0.15) is 38.4 Å². The number of ether oxygens (including phenoxy) is 1. The van der Waals surface area contributed by atoms with E-state index in [0.29, 0.717) is 18.1 Å². The predicted octanol–water partition coefficient (Wildman–Crippen LogP) is 4.16. The Balaban J connectivity index is 2.30. The van der Waals surface area contributed by atoms with E-state index in [2.05, 4.69) is 37.4 Å². The van der Waals surface area contributed by atoms with Crippen molar-refractivity contribution >= 4 is 42.0 Å². The van der Waals surface area contributed by atoms with Gasteiger partial charge in [0.1, 0.15) is 17.1 Å². The van der Waals surface area contributed by atoms with Crippen molar-refractivity contribution in [2.45, 2.75) is 39.2 Å². The molecular formula is C15H17IN2O2S. The Morgan fingerprint density at radius 3 is 2.90 bits per heavy atom. The van der Waals surface area contributed by atoms with Crippen LogP contribution in [0.15, 0.2) is 12.1 Å². The van der Waals surface area contributed by atoms with Crippen molar-refractivity contribution < 1.29 is 9.53 Å². The molecule has 0 bridgehead atoms. The lowest BCUT2D eigenvalue weighted by atomic mass is 10.1. The zero-order chi connectivity index (χ0) is 15.5. The Hall–Kier alpha value is -0.940. The summed E-state index contributed by atoms with van der Waals surface area (Å²) in [5.74, 6) is 3.65. The molecule has 21 heavy (non-hydrogen) atoms. The fourth-order valence-corrected chi connectivity index (χ4v) is 2.55. The standard InChI is InChI=1S/C15H17IN2O2S/c1-15(2,3)20-14(19)18-9-4-5-11-6-7-12(8-10-21-16)17-13(11)18/h6-7H,4-5,9H2,1-3H3. The molecule has 0 fully saturated rings. The summed E-state index contributed by atoms with van der Waals surface area (Å²) in [6.45, 7) is 6.22. The number of carbonyl (C=O) groups excluding carboxylic acids is 1. The molecule has 0 saturated heterocycles. The van der Waals surface area contributed by atoms with Crippen molar-refractivity contribution in [3.8, 4) is 11.2 Å². The van der Waals surface area contributed by atoms with Crippen LogP contribution in [0.3, 0.4) is 0 Å². The highest BCUT2D eigenvalue weighted by molar-refractivity contribution is 14.2. The Kier molecular flexibility index (Phi) is 5.38. The Bertz CT molecular complexity index is 602. The van der Waals surface area contributed by atoms with Crippen LogP contribution in [0.25, 0.3) is 0 Å². The second-order valence-corrected chi connectivity index (χ2v) is 7.40. The van der Waals surface area contributed by atoms with Crippen molar-refractivity contribution in [3.05, 3.63) is 23.4 Å². The second kappa shape index (κ2) is 6.88. The number of anilines is 1. The predicted molar refractivity (Wildman–Crippen MR) is 94.6 cm³/mol. The van der Waals surface area contributed by atoms with Gasteiger partial charge >= 0.3 is 6.09 Å². The summed E-state index contributed by atoms with van der Waals surface area (Å²) in [4.78, 5) is 18.5. The van der Waals surface area contributed by atoms with E-state index in [4.69, 9.17) is 4.74 Å². The van der Waals surface area contributed by atoms with Crippen molar-refractivity contribution in [1.82, 2.24) is 4.98 Å². The van der Waals surface area contributed by atoms with Crippen molar-refractivity contribution in [1.29, 1.82) is 0 Å². The molecule has 0 saturated carbocycles. The van der Waals surface area contributed by atoms with Crippen LogP contribution in [0.5, 0.6) is 0 Å². The second-order valence-electron chi connectivity index (χ2n) is 5.72. The van der Waals surface area contributed by atoms with Crippen molar-refractivity contribution in [2.24, 2.45) is 0 Å². The van der Waals surface area contributed by atoms with Gasteiger partial charge in [-0.05, 0) is 65.3 Å². The van der Waals surface area contributed by atoms with E-state index in [1.165, 1.54) is 8.93 Å². The molecule has 0 N–H and O–H groups in total. The summed E-state index contributed by atoms with van der Waals surface area (Å²) in [5.41, 5.74) is 1.23. The van der Waals surface area contributed by atoms with Gasteiger partial charge in [0.25, 0.3) is 0 Å². The van der Waals surface area contributed by atoms with E-state index < -0.39 is 5.60 Å². The number of aryl methyl sites for hydroxylation is 1. The summed E-state index contributed by atoms with van der Waals surface area (Å²) in [5, 5.41) is 2.91. The molecule has 2 heterocycles. The molecule has 0 atom stereocenters. The molecule has 0 aromatic carbocycles. The molecule has 0 unspecified atom stereocenters. The first kappa shape index (κ1) is 16.4. The summed E-state index contributed by atoms with van der Waals surface area (Å²) < 4.78 is 5.46. The highest BCUT2D eigenvalue weighted by atomic mass is 127. The molecule has 0 spiro atoms. The molecule has 0 aliphatic carbocycles. The molecule has 1 amide bonds. The van der Waals surface area contributed by atoms with Crippen molar-refractivity contribution in [3.63, 3.8) is 0 Å². The van der Waals surface area contributed by atoms with E-state index in [0.717, 1.165) is 18.4 Å². The minimum Gasteiger partial charge on any atom is -0.443 e. The Morgan fingerprint density at radius 1 is 1.48 bits per heavy atom. The molecule has 112 valence electrons. The number of hydrogen-bond acceptors (Lipinski definition) is 4. The molecule has 2 rings (SSSR count). The molecule has 1 aliphatic heterocycles. The van der Waals surface area contributed by atoms with Crippen LogP contribution < -0.4 is 4.90 Å². The molecule has 0 radical (unpaired) electrons. The maximum Gasteiger partial charge on any atom is 0.416 e. The number of carbonyl (C=O) groups is 1. The van der Waals surface area contributed by atoms with E-state index in [1.807, 2.05) is 32.9 Å². The molecular weight excluding hydrogens is 399 g/mol. The summed E-state index contributed by atoms with van der Waals surface area (Å²) in [7, 11) is 1.41. The van der Waals surface area contributed by atoms with Crippen LogP contribution in [-0.4, -0.2) is 23.2 Å². The van der Waals surface area contributed by atoms with Gasteiger partial charge in [-0.3, -0.25) is 4.90 Å². The Morgan fingerprint density at radius 2 is 2.24 bits per heavy atom. The molecule has 6 heteroatoms. The lowest BCUT2D eigenvalue weighted by Gasteiger charge is -2.30. The van der Waals surface area contributed by atoms with Gasteiger partial charge in [-0.15, -0.1) is 0 Å². The number of aromatic nitrogens is 1. The van der Waals surface area contributed by atoms with Crippen LogP contribution in [0, 0.1) is 11.2 Å². The zero-order valence-electron chi connectivity index (χ0n) is 12.3. The summed E-state index contributed by atoms with van der Waals surface area (Å²) >= 11 is 2.12. The SMILES string of the molecule is CC(C)(C)OC(=O)N1CCCc2ccc(C#CSI)nc21. The van der Waals surface area contributed by atoms with E-state index in [-0.39, 0.29) is 6.09 Å².